The molecule has 2 fully saturated rings. The number of nitrogens with zero attached hydrogens (tertiary/aromatic N) is 5. The molecular formula is C25H33N5O2. The maximum Gasteiger partial charge on any atom is 0.238 e. The number of hydrogen-bond donors (Lipinski definition) is 0. The third kappa shape index (κ3) is 4.48. The van der Waals surface area contributed by atoms with Crippen molar-refractivity contribution < 1.29 is 9.59 Å². The number of rotatable bonds is 6. The van der Waals surface area contributed by atoms with Gasteiger partial charge in [0.2, 0.25) is 11.8 Å². The van der Waals surface area contributed by atoms with Crippen LogP contribution in [0.5, 0.6) is 0 Å². The Hall–Kier alpha value is -2.93. The first-order valence-corrected chi connectivity index (χ1v) is 11.3. The minimum absolute atomic E-state index is 0.0235. The van der Waals surface area contributed by atoms with Gasteiger partial charge < -0.3 is 19.6 Å². The Morgan fingerprint density at radius 2 is 1.72 bits per heavy atom. The highest BCUT2D eigenvalue weighted by molar-refractivity contribution is 6.06. The number of anilines is 1. The molecule has 4 rings (SSSR count). The standard InChI is InChI=1S/C25H33N5O2/c1-27(2)19-21-9-10-22(26-18-21)29-13-15-30(16-14-29)24(32)25(11-12-28(3)23(25)31)17-20-7-5-4-6-8-20/h4-10,18H,11-17,19H2,1-3H3. The molecule has 2 amide bonds. The van der Waals surface area contributed by atoms with E-state index in [0.717, 1.165) is 31.0 Å². The van der Waals surface area contributed by atoms with E-state index in [0.29, 0.717) is 32.5 Å². The molecule has 0 spiro atoms. The first-order chi connectivity index (χ1) is 15.4. The van der Waals surface area contributed by atoms with Gasteiger partial charge in [0.1, 0.15) is 11.2 Å². The van der Waals surface area contributed by atoms with Crippen molar-refractivity contribution in [3.8, 4) is 0 Å². The molecule has 0 aliphatic carbocycles. The van der Waals surface area contributed by atoms with Crippen LogP contribution in [0.4, 0.5) is 5.82 Å². The lowest BCUT2D eigenvalue weighted by Gasteiger charge is -2.39. The molecule has 1 aromatic carbocycles. The van der Waals surface area contributed by atoms with Crippen molar-refractivity contribution in [1.29, 1.82) is 0 Å². The van der Waals surface area contributed by atoms with E-state index in [2.05, 4.69) is 26.9 Å². The molecule has 1 atom stereocenters. The van der Waals surface area contributed by atoms with Gasteiger partial charge in [-0.3, -0.25) is 9.59 Å². The highest BCUT2D eigenvalue weighted by atomic mass is 16.2. The van der Waals surface area contributed by atoms with Gasteiger partial charge in [-0.2, -0.15) is 0 Å². The van der Waals surface area contributed by atoms with Gasteiger partial charge in [-0.05, 0) is 44.1 Å². The number of likely N-dealkylation sites (tertiary alicyclic amines) is 1. The fourth-order valence-electron chi connectivity index (χ4n) is 4.82. The molecule has 2 aromatic rings. The number of hydrogen-bond acceptors (Lipinski definition) is 5. The van der Waals surface area contributed by atoms with Gasteiger partial charge in [-0.15, -0.1) is 0 Å². The van der Waals surface area contributed by atoms with E-state index in [1.807, 2.05) is 55.5 Å². The first kappa shape index (κ1) is 22.3. The van der Waals surface area contributed by atoms with E-state index in [-0.39, 0.29) is 11.8 Å². The number of carbonyl (C=O) groups excluding carboxylic acids is 2. The maximum atomic E-state index is 13.7. The van der Waals surface area contributed by atoms with Gasteiger partial charge in [0, 0.05) is 52.5 Å². The average Bonchev–Trinajstić information content (AvgIpc) is 3.09. The Morgan fingerprint density at radius 3 is 2.28 bits per heavy atom. The summed E-state index contributed by atoms with van der Waals surface area (Å²) in [5.74, 6) is 0.867. The molecular weight excluding hydrogens is 402 g/mol. The zero-order valence-electron chi connectivity index (χ0n) is 19.3. The average molecular weight is 436 g/mol. The second kappa shape index (κ2) is 9.28. The van der Waals surface area contributed by atoms with E-state index >= 15 is 0 Å². The lowest BCUT2D eigenvalue weighted by atomic mass is 9.78. The summed E-state index contributed by atoms with van der Waals surface area (Å²) in [7, 11) is 5.88. The molecule has 1 aromatic heterocycles. The van der Waals surface area contributed by atoms with Crippen molar-refractivity contribution in [2.45, 2.75) is 19.4 Å². The molecule has 0 saturated carbocycles. The SMILES string of the molecule is CN(C)Cc1ccc(N2CCN(C(=O)C3(Cc4ccccc4)CCN(C)C3=O)CC2)nc1. The summed E-state index contributed by atoms with van der Waals surface area (Å²) >= 11 is 0. The molecule has 2 aliphatic heterocycles. The fraction of sp³-hybridized carbons (Fsp3) is 0.480. The van der Waals surface area contributed by atoms with Gasteiger partial charge >= 0.3 is 0 Å². The molecule has 2 aliphatic rings. The highest BCUT2D eigenvalue weighted by Gasteiger charge is 2.53. The summed E-state index contributed by atoms with van der Waals surface area (Å²) in [4.78, 5) is 39.4. The van der Waals surface area contributed by atoms with Crippen LogP contribution in [0.3, 0.4) is 0 Å². The van der Waals surface area contributed by atoms with Crippen LogP contribution < -0.4 is 4.90 Å². The predicted octanol–water partition coefficient (Wildman–Crippen LogP) is 1.88. The van der Waals surface area contributed by atoms with Crippen LogP contribution in [0.2, 0.25) is 0 Å². The number of pyridine rings is 1. The monoisotopic (exact) mass is 435 g/mol. The zero-order chi connectivity index (χ0) is 22.7. The van der Waals surface area contributed by atoms with E-state index in [4.69, 9.17) is 0 Å². The summed E-state index contributed by atoms with van der Waals surface area (Å²) in [6, 6.07) is 14.1. The molecule has 32 heavy (non-hydrogen) atoms. The molecule has 0 bridgehead atoms. The minimum Gasteiger partial charge on any atom is -0.353 e. The quantitative estimate of drug-likeness (QED) is 0.649. The number of benzene rings is 1. The third-order valence-electron chi connectivity index (χ3n) is 6.59. The van der Waals surface area contributed by atoms with Gasteiger partial charge in [-0.1, -0.05) is 36.4 Å². The van der Waals surface area contributed by atoms with E-state index < -0.39 is 5.41 Å². The smallest absolute Gasteiger partial charge is 0.238 e. The van der Waals surface area contributed by atoms with E-state index in [9.17, 15) is 9.59 Å². The van der Waals surface area contributed by atoms with Crippen LogP contribution in [-0.2, 0) is 22.6 Å². The Morgan fingerprint density at radius 1 is 1.00 bits per heavy atom. The third-order valence-corrected chi connectivity index (χ3v) is 6.59. The molecule has 7 heteroatoms. The van der Waals surface area contributed by atoms with Crippen LogP contribution >= 0.6 is 0 Å². The molecule has 0 N–H and O–H groups in total. The molecule has 7 nitrogen and oxygen atoms in total. The Kier molecular flexibility index (Phi) is 6.46. The zero-order valence-corrected chi connectivity index (χ0v) is 19.3. The van der Waals surface area contributed by atoms with Gasteiger partial charge in [0.15, 0.2) is 0 Å². The summed E-state index contributed by atoms with van der Waals surface area (Å²) in [5, 5.41) is 0. The predicted molar refractivity (Wildman–Crippen MR) is 125 cm³/mol. The van der Waals surface area contributed by atoms with Crippen LogP contribution in [0.15, 0.2) is 48.7 Å². The molecule has 1 unspecified atom stereocenters. The first-order valence-electron chi connectivity index (χ1n) is 11.3. The van der Waals surface area contributed by atoms with Crippen molar-refractivity contribution in [3.05, 3.63) is 59.8 Å². The van der Waals surface area contributed by atoms with Gasteiger partial charge in [0.25, 0.3) is 0 Å². The van der Waals surface area contributed by atoms with E-state index in [1.54, 1.807) is 11.9 Å². The largest absolute Gasteiger partial charge is 0.353 e. The van der Waals surface area contributed by atoms with Crippen molar-refractivity contribution in [2.24, 2.45) is 5.41 Å². The summed E-state index contributed by atoms with van der Waals surface area (Å²) in [5.41, 5.74) is 1.23. The van der Waals surface area contributed by atoms with E-state index in [1.165, 1.54) is 5.56 Å². The Balaban J connectivity index is 1.44. The molecule has 0 radical (unpaired) electrons. The Bertz CT molecular complexity index is 939. The topological polar surface area (TPSA) is 60.0 Å². The van der Waals surface area contributed by atoms with Crippen molar-refractivity contribution in [3.63, 3.8) is 0 Å². The van der Waals surface area contributed by atoms with Crippen molar-refractivity contribution in [1.82, 2.24) is 19.7 Å². The molecule has 2 saturated heterocycles. The van der Waals surface area contributed by atoms with Gasteiger partial charge in [-0.25, -0.2) is 4.98 Å². The van der Waals surface area contributed by atoms with Crippen LogP contribution in [0.25, 0.3) is 0 Å². The number of piperazine rings is 1. The summed E-state index contributed by atoms with van der Waals surface area (Å²) < 4.78 is 0. The second-order valence-electron chi connectivity index (χ2n) is 9.26. The minimum atomic E-state index is -0.982. The number of aromatic nitrogens is 1. The Labute approximate surface area is 190 Å². The summed E-state index contributed by atoms with van der Waals surface area (Å²) in [6.07, 6.45) is 2.96. The van der Waals surface area contributed by atoms with Crippen molar-refractivity contribution >= 4 is 17.6 Å². The van der Waals surface area contributed by atoms with Crippen LogP contribution in [0, 0.1) is 5.41 Å². The van der Waals surface area contributed by atoms with Gasteiger partial charge in [0.05, 0.1) is 0 Å². The fourth-order valence-corrected chi connectivity index (χ4v) is 4.82. The number of carbonyl (C=O) groups is 2. The molecule has 170 valence electrons. The number of amides is 2. The lowest BCUT2D eigenvalue weighted by Crippen LogP contribution is -2.56. The van der Waals surface area contributed by atoms with Crippen LogP contribution in [-0.4, -0.2) is 85.4 Å². The lowest BCUT2D eigenvalue weighted by molar-refractivity contribution is -0.151. The summed E-state index contributed by atoms with van der Waals surface area (Å²) in [6.45, 7) is 4.14. The normalized spacial score (nSPS) is 21.5. The highest BCUT2D eigenvalue weighted by Crippen LogP contribution is 2.37. The van der Waals surface area contributed by atoms with Crippen molar-refractivity contribution in [2.75, 3.05) is 58.8 Å². The maximum absolute atomic E-state index is 13.7. The molecule has 3 heterocycles. The second-order valence-corrected chi connectivity index (χ2v) is 9.26. The van der Waals surface area contributed by atoms with Crippen LogP contribution in [0.1, 0.15) is 17.5 Å².